The normalized spacial score (nSPS) is 14.3. The molecule has 8 nitrogen and oxygen atoms in total. The number of phosphoric acid groups is 1. The SMILES string of the molecule is CCC/C=C\C/C=C\CCCCCCCCOCC(COP(=O)(O)OCCN)OC(=O)CCCCCCCC. The molecule has 9 heteroatoms. The molecule has 2 atom stereocenters. The Bertz CT molecular complexity index is 657. The van der Waals surface area contributed by atoms with Crippen molar-refractivity contribution in [2.75, 3.05) is 33.0 Å². The first-order valence-electron chi connectivity index (χ1n) is 15.3. The van der Waals surface area contributed by atoms with Crippen LogP contribution in [0, 0.1) is 0 Å². The predicted octanol–water partition coefficient (Wildman–Crippen LogP) is 7.79. The minimum Gasteiger partial charge on any atom is -0.457 e. The fourth-order valence-electron chi connectivity index (χ4n) is 3.85. The van der Waals surface area contributed by atoms with E-state index in [0.717, 1.165) is 44.9 Å². The van der Waals surface area contributed by atoms with Crippen LogP contribution in [0.2, 0.25) is 0 Å². The molecule has 2 unspecified atom stereocenters. The third-order valence-corrected chi connectivity index (χ3v) is 7.09. The second kappa shape index (κ2) is 28.5. The van der Waals surface area contributed by atoms with Crippen LogP contribution in [0.4, 0.5) is 0 Å². The molecule has 0 saturated carbocycles. The van der Waals surface area contributed by atoms with Crippen LogP contribution in [0.15, 0.2) is 24.3 Å². The van der Waals surface area contributed by atoms with Crippen molar-refractivity contribution in [3.8, 4) is 0 Å². The van der Waals surface area contributed by atoms with Gasteiger partial charge in [-0.25, -0.2) is 4.57 Å². The van der Waals surface area contributed by atoms with Crippen molar-refractivity contribution >= 4 is 13.8 Å². The summed E-state index contributed by atoms with van der Waals surface area (Å²) in [5, 5.41) is 0. The summed E-state index contributed by atoms with van der Waals surface area (Å²) in [5.74, 6) is -0.346. The van der Waals surface area contributed by atoms with E-state index in [0.29, 0.717) is 13.0 Å². The van der Waals surface area contributed by atoms with Crippen molar-refractivity contribution in [3.05, 3.63) is 24.3 Å². The number of unbranched alkanes of at least 4 members (excludes halogenated alkanes) is 12. The van der Waals surface area contributed by atoms with E-state index >= 15 is 0 Å². The van der Waals surface area contributed by atoms with E-state index in [-0.39, 0.29) is 32.3 Å². The van der Waals surface area contributed by atoms with Gasteiger partial charge in [-0.2, -0.15) is 0 Å². The van der Waals surface area contributed by atoms with Crippen molar-refractivity contribution in [2.24, 2.45) is 5.73 Å². The summed E-state index contributed by atoms with van der Waals surface area (Å²) in [6.07, 6.45) is 26.4. The first-order chi connectivity index (χ1) is 18.9. The lowest BCUT2D eigenvalue weighted by atomic mass is 10.1. The summed E-state index contributed by atoms with van der Waals surface area (Å²) < 4.78 is 32.9. The highest BCUT2D eigenvalue weighted by atomic mass is 31.2. The van der Waals surface area contributed by atoms with Crippen molar-refractivity contribution in [1.82, 2.24) is 0 Å². The van der Waals surface area contributed by atoms with Gasteiger partial charge in [0.25, 0.3) is 0 Å². The Labute approximate surface area is 238 Å². The Morgan fingerprint density at radius 3 is 2.10 bits per heavy atom. The quantitative estimate of drug-likeness (QED) is 0.0402. The molecule has 0 spiro atoms. The summed E-state index contributed by atoms with van der Waals surface area (Å²) >= 11 is 0. The van der Waals surface area contributed by atoms with Crippen LogP contribution in [-0.4, -0.2) is 49.9 Å². The summed E-state index contributed by atoms with van der Waals surface area (Å²) in [7, 11) is -4.25. The smallest absolute Gasteiger partial charge is 0.457 e. The van der Waals surface area contributed by atoms with Gasteiger partial charge in [0, 0.05) is 19.6 Å². The van der Waals surface area contributed by atoms with Gasteiger partial charge in [0.05, 0.1) is 19.8 Å². The van der Waals surface area contributed by atoms with Crippen LogP contribution in [0.5, 0.6) is 0 Å². The van der Waals surface area contributed by atoms with E-state index in [9.17, 15) is 14.3 Å². The first-order valence-corrected chi connectivity index (χ1v) is 16.8. The van der Waals surface area contributed by atoms with Gasteiger partial charge in [-0.15, -0.1) is 0 Å². The van der Waals surface area contributed by atoms with Gasteiger partial charge in [0.15, 0.2) is 0 Å². The van der Waals surface area contributed by atoms with Gasteiger partial charge in [-0.05, 0) is 38.5 Å². The Balaban J connectivity index is 4.11. The number of rotatable bonds is 29. The molecule has 0 rings (SSSR count). The third-order valence-electron chi connectivity index (χ3n) is 6.10. The Morgan fingerprint density at radius 2 is 1.41 bits per heavy atom. The molecule has 0 radical (unpaired) electrons. The zero-order chi connectivity index (χ0) is 28.9. The topological polar surface area (TPSA) is 117 Å². The number of carbonyl (C=O) groups is 1. The Hall–Kier alpha value is -1.02. The van der Waals surface area contributed by atoms with Crippen molar-refractivity contribution in [2.45, 2.75) is 129 Å². The molecule has 0 aromatic carbocycles. The number of hydrogen-bond acceptors (Lipinski definition) is 7. The predicted molar refractivity (Wildman–Crippen MR) is 160 cm³/mol. The fourth-order valence-corrected chi connectivity index (χ4v) is 4.62. The number of esters is 1. The zero-order valence-electron chi connectivity index (χ0n) is 24.9. The molecule has 0 aromatic rings. The summed E-state index contributed by atoms with van der Waals surface area (Å²) in [6, 6.07) is 0. The van der Waals surface area contributed by atoms with Crippen LogP contribution in [0.3, 0.4) is 0 Å². The lowest BCUT2D eigenvalue weighted by molar-refractivity contribution is -0.154. The summed E-state index contributed by atoms with van der Waals surface area (Å²) in [4.78, 5) is 22.0. The molecule has 0 fully saturated rings. The monoisotopic (exact) mass is 575 g/mol. The fraction of sp³-hybridized carbons (Fsp3) is 0.833. The van der Waals surface area contributed by atoms with Crippen molar-refractivity contribution in [3.63, 3.8) is 0 Å². The summed E-state index contributed by atoms with van der Waals surface area (Å²) in [5.41, 5.74) is 5.31. The Morgan fingerprint density at radius 1 is 0.769 bits per heavy atom. The third kappa shape index (κ3) is 28.3. The van der Waals surface area contributed by atoms with E-state index in [1.54, 1.807) is 0 Å². The standard InChI is InChI=1S/C30H58NO7P/c1-3-5-7-9-11-12-13-14-15-16-17-18-20-22-25-35-27-29(28-37-39(33,34)36-26-24-31)38-30(32)23-21-19-10-8-6-4-2/h7,9,12-13,29H,3-6,8,10-11,14-28,31H2,1-2H3,(H,33,34)/b9-7-,13-12-. The van der Waals surface area contributed by atoms with E-state index in [4.69, 9.17) is 24.3 Å². The molecule has 0 saturated heterocycles. The minimum absolute atomic E-state index is 0.0970. The molecule has 0 heterocycles. The van der Waals surface area contributed by atoms with Gasteiger partial charge < -0.3 is 20.1 Å². The van der Waals surface area contributed by atoms with Crippen molar-refractivity contribution in [1.29, 1.82) is 0 Å². The highest BCUT2D eigenvalue weighted by molar-refractivity contribution is 7.47. The van der Waals surface area contributed by atoms with Gasteiger partial charge in [0.2, 0.25) is 0 Å². The molecule has 0 bridgehead atoms. The van der Waals surface area contributed by atoms with Gasteiger partial charge in [0.1, 0.15) is 6.10 Å². The van der Waals surface area contributed by atoms with E-state index in [2.05, 4.69) is 38.2 Å². The maximum atomic E-state index is 12.3. The molecular formula is C30H58NO7P. The lowest BCUT2D eigenvalue weighted by Gasteiger charge is -2.20. The average molecular weight is 576 g/mol. The number of hydrogen-bond donors (Lipinski definition) is 2. The van der Waals surface area contributed by atoms with E-state index in [1.807, 2.05) is 0 Å². The number of ether oxygens (including phenoxy) is 2. The minimum atomic E-state index is -4.25. The van der Waals surface area contributed by atoms with Crippen LogP contribution in [0.1, 0.15) is 123 Å². The molecule has 0 aromatic heterocycles. The zero-order valence-corrected chi connectivity index (χ0v) is 25.8. The van der Waals surface area contributed by atoms with Crippen molar-refractivity contribution < 1.29 is 32.8 Å². The van der Waals surface area contributed by atoms with Crippen LogP contribution >= 0.6 is 7.82 Å². The maximum Gasteiger partial charge on any atom is 0.472 e. The largest absolute Gasteiger partial charge is 0.472 e. The van der Waals surface area contributed by atoms with E-state index in [1.165, 1.54) is 57.8 Å². The lowest BCUT2D eigenvalue weighted by Crippen LogP contribution is -2.28. The second-order valence-electron chi connectivity index (χ2n) is 9.97. The number of allylic oxidation sites excluding steroid dienone is 4. The maximum absolute atomic E-state index is 12.3. The van der Waals surface area contributed by atoms with Gasteiger partial charge in [-0.3, -0.25) is 13.8 Å². The highest BCUT2D eigenvalue weighted by Crippen LogP contribution is 2.43. The van der Waals surface area contributed by atoms with E-state index < -0.39 is 13.9 Å². The van der Waals surface area contributed by atoms with Gasteiger partial charge >= 0.3 is 13.8 Å². The average Bonchev–Trinajstić information content (AvgIpc) is 2.92. The summed E-state index contributed by atoms with van der Waals surface area (Å²) in [6.45, 7) is 4.74. The number of carbonyl (C=O) groups excluding carboxylic acids is 1. The molecule has 0 aliphatic carbocycles. The molecular weight excluding hydrogens is 517 g/mol. The number of phosphoric ester groups is 1. The molecule has 0 aliphatic heterocycles. The highest BCUT2D eigenvalue weighted by Gasteiger charge is 2.25. The van der Waals surface area contributed by atoms with Crippen LogP contribution in [-0.2, 0) is 27.9 Å². The number of nitrogens with two attached hydrogens (primary N) is 1. The first kappa shape index (κ1) is 38.0. The molecule has 39 heavy (non-hydrogen) atoms. The molecule has 0 amide bonds. The molecule has 0 aliphatic rings. The second-order valence-corrected chi connectivity index (χ2v) is 11.4. The Kier molecular flexibility index (Phi) is 27.8. The van der Waals surface area contributed by atoms with Crippen LogP contribution in [0.25, 0.3) is 0 Å². The van der Waals surface area contributed by atoms with Gasteiger partial charge in [-0.1, -0.05) is 102 Å². The molecule has 3 N–H and O–H groups in total. The molecule has 230 valence electrons. The van der Waals surface area contributed by atoms with Crippen LogP contribution < -0.4 is 5.73 Å².